The van der Waals surface area contributed by atoms with Gasteiger partial charge in [0.25, 0.3) is 11.8 Å². The summed E-state index contributed by atoms with van der Waals surface area (Å²) in [7, 11) is 0. The normalized spacial score (nSPS) is 16.1. The highest BCUT2D eigenvalue weighted by molar-refractivity contribution is 9.10. The van der Waals surface area contributed by atoms with Crippen LogP contribution in [0.2, 0.25) is 0 Å². The zero-order valence-corrected chi connectivity index (χ0v) is 21.6. The van der Waals surface area contributed by atoms with Crippen LogP contribution >= 0.6 is 15.9 Å². The van der Waals surface area contributed by atoms with E-state index in [0.29, 0.717) is 33.0 Å². The van der Waals surface area contributed by atoms with Crippen LogP contribution in [0.4, 0.5) is 8.78 Å². The van der Waals surface area contributed by atoms with Crippen molar-refractivity contribution < 1.29 is 23.2 Å². The number of hydrogen-bond donors (Lipinski definition) is 2. The van der Waals surface area contributed by atoms with Gasteiger partial charge in [0.1, 0.15) is 6.04 Å². The van der Waals surface area contributed by atoms with Crippen molar-refractivity contribution in [2.24, 2.45) is 0 Å². The molecule has 1 saturated heterocycles. The van der Waals surface area contributed by atoms with E-state index in [1.165, 1.54) is 6.08 Å². The van der Waals surface area contributed by atoms with Crippen molar-refractivity contribution in [3.05, 3.63) is 76.9 Å². The Balaban J connectivity index is 1.62. The van der Waals surface area contributed by atoms with Gasteiger partial charge in [-0.1, -0.05) is 46.8 Å². The second kappa shape index (κ2) is 11.1. The Morgan fingerprint density at radius 1 is 1.21 bits per heavy atom. The number of nitrogens with zero attached hydrogens (tertiary/aromatic N) is 3. The molecule has 0 aliphatic carbocycles. The maximum absolute atomic E-state index is 13.8. The van der Waals surface area contributed by atoms with Gasteiger partial charge in [0, 0.05) is 34.6 Å². The molecule has 1 aromatic heterocycles. The zero-order chi connectivity index (χ0) is 27.4. The Morgan fingerprint density at radius 3 is 2.63 bits per heavy atom. The highest BCUT2D eigenvalue weighted by atomic mass is 79.9. The van der Waals surface area contributed by atoms with Crippen LogP contribution < -0.4 is 10.6 Å². The van der Waals surface area contributed by atoms with E-state index in [9.17, 15) is 28.4 Å². The Hall–Kier alpha value is -4.17. The standard InChI is InChI=1S/C27H22BrF2N5O3/c1-2-23(36)33-12-16-3-5-17(6-4-16)21-13-32-22-8-7-18(28)9-20(22)25(21)26(38)34-14-24(37)35-15-27(29,30)10-19(35)11-31/h2-9,13,19H,1,10,12,14-15H2,(H,33,36)(H,34,38). The number of carbonyl (C=O) groups is 3. The van der Waals surface area contributed by atoms with Crippen LogP contribution in [-0.4, -0.2) is 52.7 Å². The molecule has 1 unspecified atom stereocenters. The van der Waals surface area contributed by atoms with Crippen molar-refractivity contribution in [3.63, 3.8) is 0 Å². The summed E-state index contributed by atoms with van der Waals surface area (Å²) in [6, 6.07) is 12.9. The molecule has 2 aromatic carbocycles. The van der Waals surface area contributed by atoms with Gasteiger partial charge >= 0.3 is 0 Å². The van der Waals surface area contributed by atoms with Crippen LogP contribution in [0.15, 0.2) is 65.8 Å². The first-order valence-electron chi connectivity index (χ1n) is 11.5. The van der Waals surface area contributed by atoms with E-state index in [2.05, 4.69) is 38.1 Å². The number of alkyl halides is 2. The number of aromatic nitrogens is 1. The molecule has 1 aliphatic rings. The van der Waals surface area contributed by atoms with Gasteiger partial charge < -0.3 is 15.5 Å². The first-order chi connectivity index (χ1) is 18.1. The summed E-state index contributed by atoms with van der Waals surface area (Å²) in [5, 5.41) is 14.9. The van der Waals surface area contributed by atoms with Crippen LogP contribution in [0.1, 0.15) is 22.3 Å². The van der Waals surface area contributed by atoms with Gasteiger partial charge in [-0.25, -0.2) is 8.78 Å². The molecule has 8 nitrogen and oxygen atoms in total. The topological polar surface area (TPSA) is 115 Å². The number of nitrogens with one attached hydrogen (secondary N) is 2. The summed E-state index contributed by atoms with van der Waals surface area (Å²) < 4.78 is 28.3. The molecular weight excluding hydrogens is 560 g/mol. The van der Waals surface area contributed by atoms with E-state index in [1.54, 1.807) is 54.7 Å². The van der Waals surface area contributed by atoms with E-state index in [4.69, 9.17) is 0 Å². The van der Waals surface area contributed by atoms with Gasteiger partial charge in [-0.05, 0) is 35.4 Å². The van der Waals surface area contributed by atoms with E-state index < -0.39 is 43.3 Å². The van der Waals surface area contributed by atoms with Crippen LogP contribution in [0.3, 0.4) is 0 Å². The third-order valence-corrected chi connectivity index (χ3v) is 6.61. The second-order valence-electron chi connectivity index (χ2n) is 8.74. The maximum Gasteiger partial charge on any atom is 0.268 e. The van der Waals surface area contributed by atoms with Crippen LogP contribution in [0.25, 0.3) is 22.0 Å². The first kappa shape index (κ1) is 26.9. The third kappa shape index (κ3) is 5.86. The average molecular weight is 582 g/mol. The molecule has 0 saturated carbocycles. The summed E-state index contributed by atoms with van der Waals surface area (Å²) in [5.41, 5.74) is 2.77. The number of fused-ring (bicyclic) bond motifs is 1. The Bertz CT molecular complexity index is 1470. The van der Waals surface area contributed by atoms with Crippen LogP contribution in [-0.2, 0) is 16.1 Å². The highest BCUT2D eigenvalue weighted by Gasteiger charge is 2.47. The minimum absolute atomic E-state index is 0.250. The van der Waals surface area contributed by atoms with Gasteiger partial charge in [-0.3, -0.25) is 19.4 Å². The number of amides is 3. The molecule has 1 aliphatic heterocycles. The maximum atomic E-state index is 13.8. The first-order valence-corrected chi connectivity index (χ1v) is 12.3. The van der Waals surface area contributed by atoms with Gasteiger partial charge in [0.15, 0.2) is 0 Å². The molecule has 2 heterocycles. The molecule has 0 radical (unpaired) electrons. The molecule has 1 fully saturated rings. The minimum atomic E-state index is -3.15. The van der Waals surface area contributed by atoms with E-state index in [0.717, 1.165) is 10.5 Å². The Labute approximate surface area is 225 Å². The van der Waals surface area contributed by atoms with Crippen molar-refractivity contribution in [1.29, 1.82) is 5.26 Å². The number of benzene rings is 2. The van der Waals surface area contributed by atoms with Crippen molar-refractivity contribution in [2.45, 2.75) is 24.9 Å². The summed E-state index contributed by atoms with van der Waals surface area (Å²) in [6.07, 6.45) is 2.00. The highest BCUT2D eigenvalue weighted by Crippen LogP contribution is 2.33. The van der Waals surface area contributed by atoms with Gasteiger partial charge in [-0.15, -0.1) is 0 Å². The van der Waals surface area contributed by atoms with Crippen LogP contribution in [0, 0.1) is 11.3 Å². The summed E-state index contributed by atoms with van der Waals surface area (Å²) in [5.74, 6) is -4.82. The quantitative estimate of drug-likeness (QED) is 0.410. The molecule has 1 atom stereocenters. The van der Waals surface area contributed by atoms with Crippen molar-refractivity contribution >= 4 is 44.6 Å². The lowest BCUT2D eigenvalue weighted by Gasteiger charge is -2.20. The molecule has 3 aromatic rings. The molecule has 0 spiro atoms. The van der Waals surface area contributed by atoms with Gasteiger partial charge in [-0.2, -0.15) is 5.26 Å². The molecular formula is C27H22BrF2N5O3. The van der Waals surface area contributed by atoms with Crippen molar-refractivity contribution in [3.8, 4) is 17.2 Å². The summed E-state index contributed by atoms with van der Waals surface area (Å²) in [4.78, 5) is 42.8. The van der Waals surface area contributed by atoms with E-state index >= 15 is 0 Å². The molecule has 4 rings (SSSR count). The lowest BCUT2D eigenvalue weighted by Crippen LogP contribution is -2.43. The Kier molecular flexibility index (Phi) is 7.83. The Morgan fingerprint density at radius 2 is 1.95 bits per heavy atom. The molecule has 194 valence electrons. The van der Waals surface area contributed by atoms with E-state index in [-0.39, 0.29) is 11.5 Å². The zero-order valence-electron chi connectivity index (χ0n) is 20.0. The lowest BCUT2D eigenvalue weighted by molar-refractivity contribution is -0.131. The third-order valence-electron chi connectivity index (χ3n) is 6.11. The molecule has 3 amide bonds. The molecule has 0 bridgehead atoms. The van der Waals surface area contributed by atoms with Crippen molar-refractivity contribution in [1.82, 2.24) is 20.5 Å². The summed E-state index contributed by atoms with van der Waals surface area (Å²) in [6.45, 7) is 2.29. The predicted octanol–water partition coefficient (Wildman–Crippen LogP) is 3.96. The predicted molar refractivity (Wildman–Crippen MR) is 140 cm³/mol. The number of hydrogen-bond acceptors (Lipinski definition) is 5. The monoisotopic (exact) mass is 581 g/mol. The second-order valence-corrected chi connectivity index (χ2v) is 9.65. The van der Waals surface area contributed by atoms with Gasteiger partial charge in [0.2, 0.25) is 11.8 Å². The van der Waals surface area contributed by atoms with Gasteiger partial charge in [0.05, 0.1) is 30.2 Å². The fraction of sp³-hybridized carbons (Fsp3) is 0.222. The smallest absolute Gasteiger partial charge is 0.268 e. The molecule has 38 heavy (non-hydrogen) atoms. The fourth-order valence-electron chi connectivity index (χ4n) is 4.23. The average Bonchev–Trinajstić information content (AvgIpc) is 3.24. The molecule has 2 N–H and O–H groups in total. The number of nitriles is 1. The fourth-order valence-corrected chi connectivity index (χ4v) is 4.59. The van der Waals surface area contributed by atoms with Crippen LogP contribution in [0.5, 0.6) is 0 Å². The van der Waals surface area contributed by atoms with E-state index in [1.807, 2.05) is 0 Å². The SMILES string of the molecule is C=CC(=O)NCc1ccc(-c2cnc3ccc(Br)cc3c2C(=O)NCC(=O)N2CC(F)(F)CC2C#N)cc1. The minimum Gasteiger partial charge on any atom is -0.348 e. The van der Waals surface area contributed by atoms with Crippen molar-refractivity contribution in [2.75, 3.05) is 13.1 Å². The number of likely N-dealkylation sites (tertiary alicyclic amines) is 1. The number of carbonyl (C=O) groups excluding carboxylic acids is 3. The lowest BCUT2D eigenvalue weighted by atomic mass is 9.96. The number of rotatable bonds is 7. The largest absolute Gasteiger partial charge is 0.348 e. The number of pyridine rings is 1. The number of halogens is 3. The molecule has 11 heteroatoms. The summed E-state index contributed by atoms with van der Waals surface area (Å²) >= 11 is 3.41.